The van der Waals surface area contributed by atoms with E-state index in [0.717, 1.165) is 0 Å². The SMILES string of the molecule is [B]C(C)(C)/C=C\C([B])(C)C. The summed E-state index contributed by atoms with van der Waals surface area (Å²) in [7, 11) is 11.4. The summed E-state index contributed by atoms with van der Waals surface area (Å²) < 4.78 is 0. The van der Waals surface area contributed by atoms with Crippen LogP contribution in [0.5, 0.6) is 0 Å². The van der Waals surface area contributed by atoms with Crippen LogP contribution in [-0.4, -0.2) is 15.7 Å². The molecule has 0 aliphatic heterocycles. The third-order valence-electron chi connectivity index (χ3n) is 0.942. The van der Waals surface area contributed by atoms with Crippen molar-refractivity contribution in [3.63, 3.8) is 0 Å². The molecule has 0 aromatic rings. The molecule has 52 valence electrons. The van der Waals surface area contributed by atoms with E-state index < -0.39 is 0 Å². The Balaban J connectivity index is 4.01. The van der Waals surface area contributed by atoms with Crippen molar-refractivity contribution in [2.24, 2.45) is 0 Å². The number of hydrogen-bond donors (Lipinski definition) is 0. The van der Waals surface area contributed by atoms with Gasteiger partial charge < -0.3 is 0 Å². The van der Waals surface area contributed by atoms with Crippen molar-refractivity contribution < 1.29 is 0 Å². The molecule has 0 bridgehead atoms. The van der Waals surface area contributed by atoms with E-state index in [1.54, 1.807) is 0 Å². The van der Waals surface area contributed by atoms with Gasteiger partial charge in [0.15, 0.2) is 0 Å². The zero-order chi connectivity index (χ0) is 8.41. The van der Waals surface area contributed by atoms with E-state index in [0.29, 0.717) is 0 Å². The van der Waals surface area contributed by atoms with Crippen LogP contribution in [0, 0.1) is 0 Å². The Hall–Kier alpha value is -0.130. The van der Waals surface area contributed by atoms with Crippen LogP contribution in [0.25, 0.3) is 0 Å². The van der Waals surface area contributed by atoms with E-state index in [1.807, 2.05) is 39.8 Å². The summed E-state index contributed by atoms with van der Waals surface area (Å²) in [6, 6.07) is 0. The molecular formula is C8H14B2. The van der Waals surface area contributed by atoms with Crippen molar-refractivity contribution in [2.45, 2.75) is 38.3 Å². The number of rotatable bonds is 2. The predicted molar refractivity (Wildman–Crippen MR) is 48.7 cm³/mol. The van der Waals surface area contributed by atoms with Crippen molar-refractivity contribution in [3.8, 4) is 0 Å². The Bertz CT molecular complexity index is 107. The molecule has 0 aliphatic carbocycles. The van der Waals surface area contributed by atoms with Gasteiger partial charge in [0.1, 0.15) is 0 Å². The van der Waals surface area contributed by atoms with Crippen LogP contribution in [0.1, 0.15) is 27.7 Å². The fraction of sp³-hybridized carbons (Fsp3) is 0.750. The average molecular weight is 132 g/mol. The summed E-state index contributed by atoms with van der Waals surface area (Å²) in [6.07, 6.45) is 3.85. The zero-order valence-electron chi connectivity index (χ0n) is 7.31. The Labute approximate surface area is 66.9 Å². The van der Waals surface area contributed by atoms with Crippen molar-refractivity contribution in [2.75, 3.05) is 0 Å². The fourth-order valence-corrected chi connectivity index (χ4v) is 0.430. The summed E-state index contributed by atoms with van der Waals surface area (Å²) in [5.74, 6) is 0. The van der Waals surface area contributed by atoms with Gasteiger partial charge in [-0.15, -0.1) is 0 Å². The van der Waals surface area contributed by atoms with E-state index in [9.17, 15) is 0 Å². The second kappa shape index (κ2) is 2.86. The molecule has 0 saturated carbocycles. The highest BCUT2D eigenvalue weighted by molar-refractivity contribution is 6.17. The number of hydrogen-bond acceptors (Lipinski definition) is 0. The molecule has 0 aliphatic rings. The lowest BCUT2D eigenvalue weighted by Gasteiger charge is -2.17. The van der Waals surface area contributed by atoms with Crippen LogP contribution < -0.4 is 0 Å². The third-order valence-corrected chi connectivity index (χ3v) is 0.942. The first kappa shape index (κ1) is 9.87. The van der Waals surface area contributed by atoms with E-state index >= 15 is 0 Å². The smallest absolute Gasteiger partial charge is 0.0794 e. The van der Waals surface area contributed by atoms with Crippen LogP contribution in [-0.2, 0) is 0 Å². The Morgan fingerprint density at radius 3 is 1.10 bits per heavy atom. The minimum atomic E-state index is -0.253. The first-order valence-corrected chi connectivity index (χ1v) is 3.49. The summed E-state index contributed by atoms with van der Waals surface area (Å²) in [5.41, 5.74) is 0. The molecule has 2 heteroatoms. The highest BCUT2D eigenvalue weighted by atomic mass is 14.1. The van der Waals surface area contributed by atoms with Crippen LogP contribution in [0.4, 0.5) is 0 Å². The molecule has 0 aromatic heterocycles. The van der Waals surface area contributed by atoms with Gasteiger partial charge in [-0.3, -0.25) is 0 Å². The number of allylic oxidation sites excluding steroid dienone is 2. The second-order valence-corrected chi connectivity index (χ2v) is 3.98. The van der Waals surface area contributed by atoms with Gasteiger partial charge in [0.25, 0.3) is 0 Å². The van der Waals surface area contributed by atoms with Gasteiger partial charge in [0, 0.05) is 0 Å². The molecule has 0 unspecified atom stereocenters. The van der Waals surface area contributed by atoms with Gasteiger partial charge in [-0.25, -0.2) is 0 Å². The lowest BCUT2D eigenvalue weighted by molar-refractivity contribution is 0.810. The van der Waals surface area contributed by atoms with Crippen molar-refractivity contribution >= 4 is 15.7 Å². The molecule has 0 saturated heterocycles. The van der Waals surface area contributed by atoms with Crippen molar-refractivity contribution in [3.05, 3.63) is 12.2 Å². The molecule has 0 heterocycles. The van der Waals surface area contributed by atoms with Gasteiger partial charge in [-0.05, 0) is 0 Å². The highest BCUT2D eigenvalue weighted by Gasteiger charge is 2.08. The van der Waals surface area contributed by atoms with E-state index in [-0.39, 0.29) is 10.6 Å². The van der Waals surface area contributed by atoms with Crippen LogP contribution >= 0.6 is 0 Å². The Kier molecular flexibility index (Phi) is 2.82. The van der Waals surface area contributed by atoms with E-state index in [4.69, 9.17) is 15.7 Å². The molecule has 4 radical (unpaired) electrons. The largest absolute Gasteiger partial charge is 0.0918 e. The van der Waals surface area contributed by atoms with Crippen LogP contribution in [0.2, 0.25) is 10.6 Å². The third kappa shape index (κ3) is 7.87. The highest BCUT2D eigenvalue weighted by Crippen LogP contribution is 2.26. The Morgan fingerprint density at radius 2 is 1.00 bits per heavy atom. The van der Waals surface area contributed by atoms with Gasteiger partial charge >= 0.3 is 0 Å². The van der Waals surface area contributed by atoms with Gasteiger partial charge in [0.2, 0.25) is 0 Å². The van der Waals surface area contributed by atoms with Gasteiger partial charge in [-0.2, -0.15) is 0 Å². The monoisotopic (exact) mass is 132 g/mol. The van der Waals surface area contributed by atoms with Gasteiger partial charge in [-0.1, -0.05) is 50.5 Å². The molecule has 0 amide bonds. The predicted octanol–water partition coefficient (Wildman–Crippen LogP) is 2.28. The summed E-state index contributed by atoms with van der Waals surface area (Å²) in [5, 5.41) is -0.507. The standard InChI is InChI=1S/C8H14B2/c1-7(2,9)5-6-8(3,4)10/h5-6H,1-4H3/b6-5-. The van der Waals surface area contributed by atoms with Crippen molar-refractivity contribution in [1.82, 2.24) is 0 Å². The minimum absolute atomic E-state index is 0.253. The first-order valence-electron chi connectivity index (χ1n) is 3.49. The maximum atomic E-state index is 5.70. The van der Waals surface area contributed by atoms with Crippen LogP contribution in [0.15, 0.2) is 12.2 Å². The molecule has 0 fully saturated rings. The average Bonchev–Trinajstić information content (AvgIpc) is 1.57. The summed E-state index contributed by atoms with van der Waals surface area (Å²) in [6.45, 7) is 7.76. The van der Waals surface area contributed by atoms with E-state index in [1.165, 1.54) is 0 Å². The Morgan fingerprint density at radius 1 is 0.800 bits per heavy atom. The lowest BCUT2D eigenvalue weighted by Crippen LogP contribution is -2.01. The molecule has 0 N–H and O–H groups in total. The molecule has 0 spiro atoms. The zero-order valence-corrected chi connectivity index (χ0v) is 7.31. The normalized spacial score (nSPS) is 14.4. The first-order chi connectivity index (χ1) is 4.21. The maximum absolute atomic E-state index is 5.70. The summed E-state index contributed by atoms with van der Waals surface area (Å²) in [4.78, 5) is 0. The lowest BCUT2D eigenvalue weighted by atomic mass is 9.67. The molecule has 0 nitrogen and oxygen atoms in total. The second-order valence-electron chi connectivity index (χ2n) is 3.98. The van der Waals surface area contributed by atoms with E-state index in [2.05, 4.69) is 0 Å². The minimum Gasteiger partial charge on any atom is -0.0918 e. The topological polar surface area (TPSA) is 0 Å². The molecular weight excluding hydrogens is 118 g/mol. The van der Waals surface area contributed by atoms with Gasteiger partial charge in [0.05, 0.1) is 15.7 Å². The fourth-order valence-electron chi connectivity index (χ4n) is 0.430. The summed E-state index contributed by atoms with van der Waals surface area (Å²) >= 11 is 0. The maximum Gasteiger partial charge on any atom is 0.0794 e. The molecule has 0 aromatic carbocycles. The van der Waals surface area contributed by atoms with Crippen LogP contribution in [0.3, 0.4) is 0 Å². The van der Waals surface area contributed by atoms with Crippen molar-refractivity contribution in [1.29, 1.82) is 0 Å². The molecule has 10 heavy (non-hydrogen) atoms. The quantitative estimate of drug-likeness (QED) is 0.399. The molecule has 0 atom stereocenters. The molecule has 0 rings (SSSR count).